The first-order chi connectivity index (χ1) is 4.64. The summed E-state index contributed by atoms with van der Waals surface area (Å²) < 4.78 is 31.6. The Morgan fingerprint density at radius 1 is 1.36 bits per heavy atom. The summed E-state index contributed by atoms with van der Waals surface area (Å²) in [6.07, 6.45) is -1.23. The van der Waals surface area contributed by atoms with Crippen LogP contribution in [0.15, 0.2) is 0 Å². The lowest BCUT2D eigenvalue weighted by Crippen LogP contribution is -2.13. The minimum absolute atomic E-state index is 1.19. The Kier molecular flexibility index (Phi) is 5.90. The minimum atomic E-state index is -4.67. The molecule has 0 aliphatic carbocycles. The maximum atomic E-state index is 9.45. The van der Waals surface area contributed by atoms with Crippen LogP contribution in [0, 0.1) is 0 Å². The van der Waals surface area contributed by atoms with E-state index in [1.165, 1.54) is 6.92 Å². The van der Waals surface area contributed by atoms with Crippen molar-refractivity contribution in [2.45, 2.75) is 13.0 Å². The summed E-state index contributed by atoms with van der Waals surface area (Å²) in [7, 11) is -4.67. The second-order valence-corrected chi connectivity index (χ2v) is 2.36. The number of hydrogen-bond donors (Lipinski definition) is 4. The fourth-order valence-electron chi connectivity index (χ4n) is 0. The lowest BCUT2D eigenvalue weighted by molar-refractivity contribution is -0.145. The Morgan fingerprint density at radius 2 is 1.45 bits per heavy atom. The molecule has 0 heterocycles. The van der Waals surface area contributed by atoms with Gasteiger partial charge in [-0.3, -0.25) is 9.11 Å². The summed E-state index contributed by atoms with van der Waals surface area (Å²) in [5.74, 6) is -1.19. The zero-order valence-electron chi connectivity index (χ0n) is 5.50. The molecule has 0 aliphatic heterocycles. The van der Waals surface area contributed by atoms with Crippen molar-refractivity contribution in [1.29, 1.82) is 0 Å². The van der Waals surface area contributed by atoms with Crippen LogP contribution >= 0.6 is 0 Å². The SMILES string of the molecule is CC(O)C(=O)O.O=S(=O)(O)O. The van der Waals surface area contributed by atoms with E-state index in [1.54, 1.807) is 0 Å². The molecule has 68 valence electrons. The van der Waals surface area contributed by atoms with E-state index in [1.807, 2.05) is 0 Å². The predicted octanol–water partition coefficient (Wildman–Crippen LogP) is -1.20. The Balaban J connectivity index is 0. The van der Waals surface area contributed by atoms with E-state index in [4.69, 9.17) is 27.7 Å². The second-order valence-electron chi connectivity index (χ2n) is 1.46. The van der Waals surface area contributed by atoms with Gasteiger partial charge in [0.15, 0.2) is 0 Å². The van der Waals surface area contributed by atoms with Gasteiger partial charge in [-0.15, -0.1) is 0 Å². The average Bonchev–Trinajstić information content (AvgIpc) is 1.59. The second kappa shape index (κ2) is 5.02. The van der Waals surface area contributed by atoms with Crippen molar-refractivity contribution in [1.82, 2.24) is 0 Å². The molecule has 0 spiro atoms. The number of aliphatic hydroxyl groups is 1. The first-order valence-corrected chi connectivity index (χ1v) is 3.65. The van der Waals surface area contributed by atoms with E-state index in [0.29, 0.717) is 0 Å². The van der Waals surface area contributed by atoms with E-state index in [0.717, 1.165) is 0 Å². The van der Waals surface area contributed by atoms with Gasteiger partial charge in [-0.05, 0) is 6.92 Å². The van der Waals surface area contributed by atoms with Crippen molar-refractivity contribution >= 4 is 16.4 Å². The molecule has 4 N–H and O–H groups in total. The van der Waals surface area contributed by atoms with Crippen molar-refractivity contribution in [3.63, 3.8) is 0 Å². The molecule has 0 amide bonds. The monoisotopic (exact) mass is 188 g/mol. The molecular weight excluding hydrogens is 180 g/mol. The molecule has 1 atom stereocenters. The van der Waals surface area contributed by atoms with E-state index in [2.05, 4.69) is 0 Å². The number of aliphatic hydroxyl groups excluding tert-OH is 1. The van der Waals surface area contributed by atoms with Crippen LogP contribution in [0.25, 0.3) is 0 Å². The topological polar surface area (TPSA) is 132 Å². The largest absolute Gasteiger partial charge is 0.479 e. The molecule has 8 heteroatoms. The molecule has 7 nitrogen and oxygen atoms in total. The first-order valence-electron chi connectivity index (χ1n) is 2.25. The highest BCUT2D eigenvalue weighted by atomic mass is 32.3. The molecule has 0 radical (unpaired) electrons. The molecule has 11 heavy (non-hydrogen) atoms. The van der Waals surface area contributed by atoms with E-state index >= 15 is 0 Å². The fourth-order valence-corrected chi connectivity index (χ4v) is 0. The van der Waals surface area contributed by atoms with Crippen LogP contribution in [0.4, 0.5) is 0 Å². The van der Waals surface area contributed by atoms with Gasteiger partial charge < -0.3 is 10.2 Å². The fraction of sp³-hybridized carbons (Fsp3) is 0.667. The Bertz CT molecular complexity index is 194. The van der Waals surface area contributed by atoms with Crippen molar-refractivity contribution in [2.75, 3.05) is 0 Å². The van der Waals surface area contributed by atoms with Crippen LogP contribution in [0.5, 0.6) is 0 Å². The Hall–Kier alpha value is -0.700. The smallest absolute Gasteiger partial charge is 0.394 e. The lowest BCUT2D eigenvalue weighted by Gasteiger charge is -1.89. The minimum Gasteiger partial charge on any atom is -0.479 e. The maximum Gasteiger partial charge on any atom is 0.394 e. The summed E-state index contributed by atoms with van der Waals surface area (Å²) in [5.41, 5.74) is 0. The maximum absolute atomic E-state index is 9.45. The standard InChI is InChI=1S/C3H6O3.H2O4S/c1-2(4)3(5)6;1-5(2,3)4/h2,4H,1H3,(H,5,6);(H2,1,2,3,4). The van der Waals surface area contributed by atoms with Crippen molar-refractivity contribution in [2.24, 2.45) is 0 Å². The molecule has 0 aromatic heterocycles. The Labute approximate surface area is 62.9 Å². The molecule has 0 bridgehead atoms. The van der Waals surface area contributed by atoms with Gasteiger partial charge in [-0.1, -0.05) is 0 Å². The summed E-state index contributed by atoms with van der Waals surface area (Å²) in [6, 6.07) is 0. The van der Waals surface area contributed by atoms with Gasteiger partial charge >= 0.3 is 16.4 Å². The number of carboxylic acids is 1. The number of carboxylic acid groups (broad SMARTS) is 1. The molecule has 0 saturated carbocycles. The first kappa shape index (κ1) is 12.9. The third-order valence-corrected chi connectivity index (χ3v) is 0.357. The third kappa shape index (κ3) is 45.5. The van der Waals surface area contributed by atoms with Crippen molar-refractivity contribution in [3.8, 4) is 0 Å². The third-order valence-electron chi connectivity index (χ3n) is 0.357. The molecule has 0 aromatic carbocycles. The molecule has 1 unspecified atom stereocenters. The van der Waals surface area contributed by atoms with Crippen molar-refractivity contribution < 1.29 is 32.5 Å². The molecule has 0 aromatic rings. The average molecular weight is 188 g/mol. The predicted molar refractivity (Wildman–Crippen MR) is 33.5 cm³/mol. The number of aliphatic carboxylic acids is 1. The van der Waals surface area contributed by atoms with Crippen LogP contribution in [0.1, 0.15) is 6.92 Å². The van der Waals surface area contributed by atoms with Crippen LogP contribution < -0.4 is 0 Å². The quantitative estimate of drug-likeness (QED) is 0.380. The van der Waals surface area contributed by atoms with Crippen LogP contribution in [-0.4, -0.2) is 39.8 Å². The van der Waals surface area contributed by atoms with Gasteiger partial charge in [0.2, 0.25) is 0 Å². The van der Waals surface area contributed by atoms with Gasteiger partial charge in [-0.2, -0.15) is 8.42 Å². The van der Waals surface area contributed by atoms with Gasteiger partial charge in [0.1, 0.15) is 6.10 Å². The van der Waals surface area contributed by atoms with Gasteiger partial charge in [0.05, 0.1) is 0 Å². The van der Waals surface area contributed by atoms with Crippen LogP contribution in [0.2, 0.25) is 0 Å². The summed E-state index contributed by atoms with van der Waals surface area (Å²) in [6.45, 7) is 1.20. The molecular formula is C3H8O7S. The normalized spacial score (nSPS) is 12.7. The zero-order valence-corrected chi connectivity index (χ0v) is 6.32. The summed E-state index contributed by atoms with van der Waals surface area (Å²) in [5, 5.41) is 15.8. The highest BCUT2D eigenvalue weighted by Crippen LogP contribution is 1.73. The summed E-state index contributed by atoms with van der Waals surface area (Å²) >= 11 is 0. The van der Waals surface area contributed by atoms with Gasteiger partial charge in [0, 0.05) is 0 Å². The Morgan fingerprint density at radius 3 is 1.45 bits per heavy atom. The van der Waals surface area contributed by atoms with E-state index < -0.39 is 22.5 Å². The number of hydrogen-bond acceptors (Lipinski definition) is 4. The molecule has 0 aliphatic rings. The van der Waals surface area contributed by atoms with E-state index in [-0.39, 0.29) is 0 Å². The number of carbonyl (C=O) groups is 1. The molecule has 0 rings (SSSR count). The van der Waals surface area contributed by atoms with Crippen LogP contribution in [-0.2, 0) is 15.2 Å². The molecule has 0 saturated heterocycles. The summed E-state index contributed by atoms with van der Waals surface area (Å²) in [4.78, 5) is 9.45. The lowest BCUT2D eigenvalue weighted by atomic mass is 10.4. The van der Waals surface area contributed by atoms with Gasteiger partial charge in [0.25, 0.3) is 0 Å². The number of rotatable bonds is 1. The zero-order chi connectivity index (χ0) is 9.65. The molecule has 0 fully saturated rings. The van der Waals surface area contributed by atoms with E-state index in [9.17, 15) is 4.79 Å². The van der Waals surface area contributed by atoms with Gasteiger partial charge in [-0.25, -0.2) is 4.79 Å². The highest BCUT2D eigenvalue weighted by molar-refractivity contribution is 7.79. The highest BCUT2D eigenvalue weighted by Gasteiger charge is 2.01. The van der Waals surface area contributed by atoms with Crippen molar-refractivity contribution in [3.05, 3.63) is 0 Å². The van der Waals surface area contributed by atoms with Crippen LogP contribution in [0.3, 0.4) is 0 Å².